The van der Waals surface area contributed by atoms with Crippen LogP contribution in [0.5, 0.6) is 0 Å². The Balaban J connectivity index is 3.00. The molecule has 1 unspecified atom stereocenters. The van der Waals surface area contributed by atoms with E-state index in [4.69, 9.17) is 5.11 Å². The number of rotatable bonds is 4. The van der Waals surface area contributed by atoms with E-state index in [2.05, 4.69) is 0 Å². The van der Waals surface area contributed by atoms with E-state index in [1.165, 1.54) is 12.3 Å². The maximum Gasteiger partial charge on any atom is 0.250 e. The largest absolute Gasteiger partial charge is 0.394 e. The molecule has 1 heterocycles. The van der Waals surface area contributed by atoms with Crippen LogP contribution in [0.4, 0.5) is 8.78 Å². The number of hydrogen-bond acceptors (Lipinski definition) is 2. The first-order valence-corrected chi connectivity index (χ1v) is 5.39. The molecule has 3 nitrogen and oxygen atoms in total. The lowest BCUT2D eigenvalue weighted by atomic mass is 10.2. The van der Waals surface area contributed by atoms with Gasteiger partial charge in [-0.2, -0.15) is 0 Å². The highest BCUT2D eigenvalue weighted by molar-refractivity contribution is 14.1. The van der Waals surface area contributed by atoms with E-state index in [-0.39, 0.29) is 5.56 Å². The van der Waals surface area contributed by atoms with E-state index in [9.17, 15) is 13.6 Å². The first-order chi connectivity index (χ1) is 7.04. The molecule has 0 aliphatic rings. The fraction of sp³-hybridized carbons (Fsp3) is 0.444. The van der Waals surface area contributed by atoms with Crippen LogP contribution in [-0.2, 0) is 0 Å². The van der Waals surface area contributed by atoms with Crippen molar-refractivity contribution in [2.75, 3.05) is 6.61 Å². The van der Waals surface area contributed by atoms with Crippen molar-refractivity contribution < 1.29 is 13.9 Å². The fourth-order valence-electron chi connectivity index (χ4n) is 1.24. The molecule has 0 amide bonds. The zero-order chi connectivity index (χ0) is 11.4. The standard InChI is InChI=1S/C9H10F2INO2/c10-8(11)3-7(5-14)13-4-6(12)1-2-9(13)15/h1-2,4,7-8,14H,3,5H2. The van der Waals surface area contributed by atoms with E-state index >= 15 is 0 Å². The van der Waals surface area contributed by atoms with Gasteiger partial charge >= 0.3 is 0 Å². The van der Waals surface area contributed by atoms with Crippen LogP contribution in [0.3, 0.4) is 0 Å². The molecule has 1 atom stereocenters. The highest BCUT2D eigenvalue weighted by atomic mass is 127. The zero-order valence-electron chi connectivity index (χ0n) is 7.74. The molecule has 1 aromatic rings. The van der Waals surface area contributed by atoms with Crippen molar-refractivity contribution in [3.8, 4) is 0 Å². The molecule has 15 heavy (non-hydrogen) atoms. The van der Waals surface area contributed by atoms with Crippen LogP contribution in [0.2, 0.25) is 0 Å². The first-order valence-electron chi connectivity index (χ1n) is 4.31. The molecule has 1 aromatic heterocycles. The summed E-state index contributed by atoms with van der Waals surface area (Å²) in [6.07, 6.45) is -1.59. The molecule has 1 rings (SSSR count). The number of nitrogens with zero attached hydrogens (tertiary/aromatic N) is 1. The summed E-state index contributed by atoms with van der Waals surface area (Å²) >= 11 is 1.98. The zero-order valence-corrected chi connectivity index (χ0v) is 9.90. The second-order valence-electron chi connectivity index (χ2n) is 3.06. The number of aliphatic hydroxyl groups excluding tert-OH is 1. The van der Waals surface area contributed by atoms with Crippen LogP contribution in [-0.4, -0.2) is 22.7 Å². The summed E-state index contributed by atoms with van der Waals surface area (Å²) < 4.78 is 26.2. The molecule has 84 valence electrons. The van der Waals surface area contributed by atoms with Crippen LogP contribution in [0.15, 0.2) is 23.1 Å². The summed E-state index contributed by atoms with van der Waals surface area (Å²) in [5.74, 6) is 0. The second kappa shape index (κ2) is 5.55. The van der Waals surface area contributed by atoms with E-state index in [0.29, 0.717) is 0 Å². The molecular weight excluding hydrogens is 319 g/mol. The lowest BCUT2D eigenvalue weighted by Gasteiger charge is -2.16. The van der Waals surface area contributed by atoms with E-state index in [1.807, 2.05) is 22.6 Å². The average Bonchev–Trinajstić information content (AvgIpc) is 2.18. The molecule has 0 fully saturated rings. The molecule has 6 heteroatoms. The third kappa shape index (κ3) is 3.53. The van der Waals surface area contributed by atoms with Crippen molar-refractivity contribution in [3.05, 3.63) is 32.3 Å². The normalized spacial score (nSPS) is 13.1. The molecule has 0 bridgehead atoms. The third-order valence-corrected chi connectivity index (χ3v) is 2.59. The summed E-state index contributed by atoms with van der Waals surface area (Å²) in [6, 6.07) is 2.04. The van der Waals surface area contributed by atoms with Crippen molar-refractivity contribution in [2.24, 2.45) is 0 Å². The van der Waals surface area contributed by atoms with Gasteiger partial charge in [0.05, 0.1) is 12.6 Å². The summed E-state index contributed by atoms with van der Waals surface area (Å²) in [6.45, 7) is -0.468. The lowest BCUT2D eigenvalue weighted by molar-refractivity contribution is 0.0945. The van der Waals surface area contributed by atoms with Gasteiger partial charge < -0.3 is 9.67 Å². The van der Waals surface area contributed by atoms with Crippen LogP contribution >= 0.6 is 22.6 Å². The molecule has 0 aliphatic heterocycles. The second-order valence-corrected chi connectivity index (χ2v) is 4.30. The van der Waals surface area contributed by atoms with Gasteiger partial charge in [0.1, 0.15) is 0 Å². The van der Waals surface area contributed by atoms with Crippen molar-refractivity contribution in [3.63, 3.8) is 0 Å². The van der Waals surface area contributed by atoms with Gasteiger partial charge in [-0.05, 0) is 28.7 Å². The van der Waals surface area contributed by atoms with Crippen LogP contribution in [0.1, 0.15) is 12.5 Å². The highest BCUT2D eigenvalue weighted by Gasteiger charge is 2.16. The number of hydrogen-bond donors (Lipinski definition) is 1. The maximum absolute atomic E-state index is 12.2. The van der Waals surface area contributed by atoms with Gasteiger partial charge in [-0.25, -0.2) is 8.78 Å². The Bertz CT molecular complexity index is 381. The van der Waals surface area contributed by atoms with Crippen molar-refractivity contribution in [1.82, 2.24) is 4.57 Å². The first kappa shape index (κ1) is 12.6. The summed E-state index contributed by atoms with van der Waals surface area (Å²) in [7, 11) is 0. The van der Waals surface area contributed by atoms with E-state index < -0.39 is 25.5 Å². The Kier molecular flexibility index (Phi) is 4.65. The molecule has 0 saturated heterocycles. The molecule has 0 spiro atoms. The Morgan fingerprint density at radius 3 is 2.67 bits per heavy atom. The predicted molar refractivity (Wildman–Crippen MR) is 60.2 cm³/mol. The predicted octanol–water partition coefficient (Wildman–Crippen LogP) is 1.64. The number of alkyl halides is 2. The third-order valence-electron chi connectivity index (χ3n) is 1.96. The van der Waals surface area contributed by atoms with Gasteiger partial charge in [0, 0.05) is 22.3 Å². The van der Waals surface area contributed by atoms with Crippen LogP contribution < -0.4 is 5.56 Å². The SMILES string of the molecule is O=c1ccc(I)cn1C(CO)CC(F)F. The van der Waals surface area contributed by atoms with Gasteiger partial charge in [0.2, 0.25) is 6.43 Å². The number of aromatic nitrogens is 1. The summed E-state index contributed by atoms with van der Waals surface area (Å²) in [5, 5.41) is 8.95. The van der Waals surface area contributed by atoms with Gasteiger partial charge in [0.15, 0.2) is 0 Å². The molecule has 1 N–H and O–H groups in total. The van der Waals surface area contributed by atoms with E-state index in [0.717, 1.165) is 8.14 Å². The van der Waals surface area contributed by atoms with E-state index in [1.54, 1.807) is 6.07 Å². The highest BCUT2D eigenvalue weighted by Crippen LogP contribution is 2.15. The average molecular weight is 329 g/mol. The van der Waals surface area contributed by atoms with Gasteiger partial charge in [-0.15, -0.1) is 0 Å². The summed E-state index contributed by atoms with van der Waals surface area (Å²) in [4.78, 5) is 11.4. The number of halogens is 3. The topological polar surface area (TPSA) is 42.2 Å². The molecular formula is C9H10F2INO2. The van der Waals surface area contributed by atoms with Gasteiger partial charge in [0.25, 0.3) is 5.56 Å². The minimum absolute atomic E-state index is 0.380. The van der Waals surface area contributed by atoms with Crippen LogP contribution in [0, 0.1) is 3.57 Å². The minimum atomic E-state index is -2.54. The monoisotopic (exact) mass is 329 g/mol. The maximum atomic E-state index is 12.2. The summed E-state index contributed by atoms with van der Waals surface area (Å²) in [5.41, 5.74) is -0.380. The van der Waals surface area contributed by atoms with Crippen molar-refractivity contribution >= 4 is 22.6 Å². The lowest BCUT2D eigenvalue weighted by Crippen LogP contribution is -2.27. The number of aliphatic hydroxyl groups is 1. The molecule has 0 saturated carbocycles. The molecule has 0 aromatic carbocycles. The fourth-order valence-corrected chi connectivity index (χ4v) is 1.72. The van der Waals surface area contributed by atoms with Crippen LogP contribution in [0.25, 0.3) is 0 Å². The quantitative estimate of drug-likeness (QED) is 0.854. The minimum Gasteiger partial charge on any atom is -0.394 e. The van der Waals surface area contributed by atoms with Gasteiger partial charge in [-0.1, -0.05) is 0 Å². The van der Waals surface area contributed by atoms with Crippen molar-refractivity contribution in [1.29, 1.82) is 0 Å². The molecule has 0 radical (unpaired) electrons. The Morgan fingerprint density at radius 1 is 1.47 bits per heavy atom. The Morgan fingerprint density at radius 2 is 2.13 bits per heavy atom. The Labute approximate surface area is 98.9 Å². The molecule has 0 aliphatic carbocycles. The van der Waals surface area contributed by atoms with Crippen molar-refractivity contribution in [2.45, 2.75) is 18.9 Å². The number of pyridine rings is 1. The smallest absolute Gasteiger partial charge is 0.250 e. The van der Waals surface area contributed by atoms with Gasteiger partial charge in [-0.3, -0.25) is 4.79 Å². The Hall–Kier alpha value is -0.500.